The van der Waals surface area contributed by atoms with Crippen LogP contribution in [-0.4, -0.2) is 9.75 Å². The van der Waals surface area contributed by atoms with Crippen molar-refractivity contribution in [1.29, 1.82) is 0 Å². The highest BCUT2D eigenvalue weighted by Crippen LogP contribution is 2.24. The molecule has 100 valence electrons. The van der Waals surface area contributed by atoms with Gasteiger partial charge in [-0.1, -0.05) is 29.8 Å². The first-order valence-electron chi connectivity index (χ1n) is 5.97. The van der Waals surface area contributed by atoms with Crippen molar-refractivity contribution >= 4 is 21.6 Å². The van der Waals surface area contributed by atoms with Crippen LogP contribution in [0.5, 0.6) is 0 Å². The van der Waals surface area contributed by atoms with Gasteiger partial charge < -0.3 is 0 Å². The SMILES string of the molecule is CC(C)CC(Br)CCc1cc(F)ccc1[N+](=O)[O-]. The van der Waals surface area contributed by atoms with Crippen LogP contribution >= 0.6 is 15.9 Å². The van der Waals surface area contributed by atoms with E-state index in [-0.39, 0.29) is 5.69 Å². The number of nitro groups is 1. The fraction of sp³-hybridized carbons (Fsp3) is 0.538. The topological polar surface area (TPSA) is 43.1 Å². The summed E-state index contributed by atoms with van der Waals surface area (Å²) in [4.78, 5) is 10.7. The number of benzene rings is 1. The van der Waals surface area contributed by atoms with Gasteiger partial charge >= 0.3 is 0 Å². The van der Waals surface area contributed by atoms with Crippen molar-refractivity contribution in [3.05, 3.63) is 39.7 Å². The number of halogens is 2. The van der Waals surface area contributed by atoms with Crippen LogP contribution < -0.4 is 0 Å². The number of nitrogens with zero attached hydrogens (tertiary/aromatic N) is 1. The highest BCUT2D eigenvalue weighted by Gasteiger charge is 2.16. The summed E-state index contributed by atoms with van der Waals surface area (Å²) in [5.41, 5.74) is 0.467. The van der Waals surface area contributed by atoms with E-state index < -0.39 is 10.7 Å². The van der Waals surface area contributed by atoms with Crippen molar-refractivity contribution in [3.63, 3.8) is 0 Å². The van der Waals surface area contributed by atoms with Crippen molar-refractivity contribution in [3.8, 4) is 0 Å². The number of hydrogen-bond donors (Lipinski definition) is 0. The van der Waals surface area contributed by atoms with E-state index in [1.165, 1.54) is 12.1 Å². The van der Waals surface area contributed by atoms with E-state index in [9.17, 15) is 14.5 Å². The maximum atomic E-state index is 13.1. The molecule has 0 saturated heterocycles. The molecule has 18 heavy (non-hydrogen) atoms. The highest BCUT2D eigenvalue weighted by atomic mass is 79.9. The zero-order valence-electron chi connectivity index (χ0n) is 10.5. The molecule has 0 amide bonds. The van der Waals surface area contributed by atoms with Crippen molar-refractivity contribution in [2.45, 2.75) is 37.9 Å². The molecule has 0 aliphatic carbocycles. The molecule has 0 aliphatic rings. The summed E-state index contributed by atoms with van der Waals surface area (Å²) >= 11 is 3.55. The lowest BCUT2D eigenvalue weighted by Crippen LogP contribution is -2.05. The van der Waals surface area contributed by atoms with Gasteiger partial charge in [-0.25, -0.2) is 4.39 Å². The first kappa shape index (κ1) is 15.1. The summed E-state index contributed by atoms with van der Waals surface area (Å²) in [6, 6.07) is 3.62. The molecule has 0 fully saturated rings. The van der Waals surface area contributed by atoms with Gasteiger partial charge in [0.1, 0.15) is 5.82 Å². The van der Waals surface area contributed by atoms with E-state index in [0.717, 1.165) is 18.9 Å². The number of nitro benzene ring substituents is 1. The van der Waals surface area contributed by atoms with Crippen molar-refractivity contribution < 1.29 is 9.31 Å². The molecule has 1 aromatic carbocycles. The molecular formula is C13H17BrFNO2. The number of alkyl halides is 1. The van der Waals surface area contributed by atoms with E-state index in [1.54, 1.807) is 0 Å². The molecule has 1 rings (SSSR count). The molecule has 0 heterocycles. The Kier molecular flexibility index (Phi) is 5.72. The zero-order chi connectivity index (χ0) is 13.7. The Balaban J connectivity index is 2.71. The van der Waals surface area contributed by atoms with Gasteiger partial charge in [0.2, 0.25) is 0 Å². The summed E-state index contributed by atoms with van der Waals surface area (Å²) in [7, 11) is 0. The van der Waals surface area contributed by atoms with Crippen LogP contribution in [0.2, 0.25) is 0 Å². The van der Waals surface area contributed by atoms with Crippen LogP contribution in [0.3, 0.4) is 0 Å². The Labute approximate surface area is 115 Å². The third-order valence-corrected chi connectivity index (χ3v) is 3.52. The molecule has 1 unspecified atom stereocenters. The fourth-order valence-electron chi connectivity index (χ4n) is 1.87. The summed E-state index contributed by atoms with van der Waals surface area (Å²) in [6.45, 7) is 4.25. The molecule has 0 radical (unpaired) electrons. The second-order valence-electron chi connectivity index (χ2n) is 4.80. The van der Waals surface area contributed by atoms with Gasteiger partial charge in [-0.2, -0.15) is 0 Å². The summed E-state index contributed by atoms with van der Waals surface area (Å²) < 4.78 is 13.1. The minimum absolute atomic E-state index is 0.000599. The lowest BCUT2D eigenvalue weighted by molar-refractivity contribution is -0.385. The van der Waals surface area contributed by atoms with Crippen LogP contribution in [0, 0.1) is 21.8 Å². The molecule has 0 N–H and O–H groups in total. The third-order valence-electron chi connectivity index (χ3n) is 2.69. The predicted molar refractivity (Wildman–Crippen MR) is 73.5 cm³/mol. The Morgan fingerprint density at radius 2 is 2.11 bits per heavy atom. The van der Waals surface area contributed by atoms with Crippen molar-refractivity contribution in [2.75, 3.05) is 0 Å². The molecule has 1 atom stereocenters. The fourth-order valence-corrected chi connectivity index (χ4v) is 2.85. The molecular weight excluding hydrogens is 301 g/mol. The molecule has 5 heteroatoms. The van der Waals surface area contributed by atoms with Crippen molar-refractivity contribution in [2.24, 2.45) is 5.92 Å². The second-order valence-corrected chi connectivity index (χ2v) is 6.09. The van der Waals surface area contributed by atoms with Crippen molar-refractivity contribution in [1.82, 2.24) is 0 Å². The average Bonchev–Trinajstić information content (AvgIpc) is 2.25. The number of hydrogen-bond acceptors (Lipinski definition) is 2. The van der Waals surface area contributed by atoms with Gasteiger partial charge in [0.05, 0.1) is 4.92 Å². The van der Waals surface area contributed by atoms with Crippen LogP contribution in [-0.2, 0) is 6.42 Å². The maximum Gasteiger partial charge on any atom is 0.272 e. The minimum Gasteiger partial charge on any atom is -0.258 e. The number of rotatable bonds is 6. The Morgan fingerprint density at radius 1 is 1.44 bits per heavy atom. The lowest BCUT2D eigenvalue weighted by atomic mass is 10.0. The Hall–Kier alpha value is -0.970. The maximum absolute atomic E-state index is 13.1. The van der Waals surface area contributed by atoms with Gasteiger partial charge in [0, 0.05) is 16.5 Å². The quantitative estimate of drug-likeness (QED) is 0.441. The van der Waals surface area contributed by atoms with Crippen LogP contribution in [0.1, 0.15) is 32.3 Å². The molecule has 0 aromatic heterocycles. The van der Waals surface area contributed by atoms with Gasteiger partial charge in [-0.15, -0.1) is 0 Å². The predicted octanol–water partition coefficient (Wildman–Crippen LogP) is 4.48. The Morgan fingerprint density at radius 3 is 2.67 bits per heavy atom. The van der Waals surface area contributed by atoms with Gasteiger partial charge in [0.15, 0.2) is 0 Å². The van der Waals surface area contributed by atoms with Gasteiger partial charge in [-0.05, 0) is 37.3 Å². The normalized spacial score (nSPS) is 12.7. The van der Waals surface area contributed by atoms with Gasteiger partial charge in [0.25, 0.3) is 5.69 Å². The summed E-state index contributed by atoms with van der Waals surface area (Å²) in [6.07, 6.45) is 2.28. The smallest absolute Gasteiger partial charge is 0.258 e. The molecule has 0 aliphatic heterocycles. The minimum atomic E-state index is -0.458. The molecule has 1 aromatic rings. The zero-order valence-corrected chi connectivity index (χ0v) is 12.1. The van der Waals surface area contributed by atoms with E-state index in [1.807, 2.05) is 0 Å². The first-order valence-corrected chi connectivity index (χ1v) is 6.88. The summed E-state index contributed by atoms with van der Waals surface area (Å²) in [5.74, 6) is 0.141. The van der Waals surface area contributed by atoms with Gasteiger partial charge in [-0.3, -0.25) is 10.1 Å². The first-order chi connectivity index (χ1) is 8.40. The molecule has 0 bridgehead atoms. The summed E-state index contributed by atoms with van der Waals surface area (Å²) in [5, 5.41) is 10.8. The van der Waals surface area contributed by atoms with Crippen LogP contribution in [0.25, 0.3) is 0 Å². The average molecular weight is 318 g/mol. The van der Waals surface area contributed by atoms with E-state index in [0.29, 0.717) is 22.7 Å². The molecule has 3 nitrogen and oxygen atoms in total. The third kappa shape index (κ3) is 4.72. The van der Waals surface area contributed by atoms with E-state index in [4.69, 9.17) is 0 Å². The lowest BCUT2D eigenvalue weighted by Gasteiger charge is -2.12. The molecule has 0 saturated carbocycles. The highest BCUT2D eigenvalue weighted by molar-refractivity contribution is 9.09. The van der Waals surface area contributed by atoms with E-state index in [2.05, 4.69) is 29.8 Å². The standard InChI is InChI=1S/C13H17BrFNO2/c1-9(2)7-11(14)4-3-10-8-12(15)5-6-13(10)16(17)18/h5-6,8-9,11H,3-4,7H2,1-2H3. The van der Waals surface area contributed by atoms with E-state index >= 15 is 0 Å². The van der Waals surface area contributed by atoms with Crippen LogP contribution in [0.15, 0.2) is 18.2 Å². The largest absolute Gasteiger partial charge is 0.272 e. The van der Waals surface area contributed by atoms with Crippen LogP contribution in [0.4, 0.5) is 10.1 Å². The molecule has 0 spiro atoms. The monoisotopic (exact) mass is 317 g/mol. The number of aryl methyl sites for hydroxylation is 1. The second kappa shape index (κ2) is 6.83. The Bertz CT molecular complexity index is 423.